The van der Waals surface area contributed by atoms with Crippen LogP contribution in [0.1, 0.15) is 36.6 Å². The van der Waals surface area contributed by atoms with E-state index in [1.807, 2.05) is 13.0 Å². The smallest absolute Gasteiger partial charge is 0.323 e. The molecule has 0 bridgehead atoms. The van der Waals surface area contributed by atoms with Crippen molar-refractivity contribution in [3.63, 3.8) is 0 Å². The molecule has 1 aliphatic heterocycles. The zero-order valence-corrected chi connectivity index (χ0v) is 18.1. The van der Waals surface area contributed by atoms with Crippen molar-refractivity contribution >= 4 is 22.7 Å². The highest BCUT2D eigenvalue weighted by Crippen LogP contribution is 2.47. The molecule has 0 spiro atoms. The standard InChI is InChI=1S/C23H22N8O2/c1-2-30-20(32)17-11-26-21(27-16-4-3-15-10-25-8-5-14(15)9-16)29-19(17)31(30)22-28-18(12-33-22)23(13-24)6-7-23/h3-4,9,11-12,25H,2,5-8,10H2,1H3,(H,26,27,29). The van der Waals surface area contributed by atoms with Crippen LogP contribution in [0.5, 0.6) is 0 Å². The second-order valence-corrected chi connectivity index (χ2v) is 8.51. The van der Waals surface area contributed by atoms with Crippen LogP contribution in [-0.4, -0.2) is 30.9 Å². The first-order valence-corrected chi connectivity index (χ1v) is 11.1. The summed E-state index contributed by atoms with van der Waals surface area (Å²) >= 11 is 0. The average molecular weight is 442 g/mol. The summed E-state index contributed by atoms with van der Waals surface area (Å²) in [6, 6.07) is 8.75. The van der Waals surface area contributed by atoms with Crippen LogP contribution in [0, 0.1) is 11.3 Å². The SMILES string of the molecule is CCn1c(=O)c2cnc(Nc3ccc4c(c3)CCNC4)nc2n1-c1nc(C2(C#N)CC2)co1. The molecule has 166 valence electrons. The molecule has 4 aromatic rings. The summed E-state index contributed by atoms with van der Waals surface area (Å²) in [6.07, 6.45) is 5.52. The van der Waals surface area contributed by atoms with Crippen molar-refractivity contribution in [1.29, 1.82) is 5.26 Å². The summed E-state index contributed by atoms with van der Waals surface area (Å²) in [5.74, 6) is 0.376. The van der Waals surface area contributed by atoms with E-state index in [2.05, 4.69) is 43.8 Å². The molecular weight excluding hydrogens is 420 g/mol. The third kappa shape index (κ3) is 3.12. The van der Waals surface area contributed by atoms with Gasteiger partial charge in [-0.1, -0.05) is 6.07 Å². The third-order valence-electron chi connectivity index (χ3n) is 6.45. The van der Waals surface area contributed by atoms with E-state index in [1.165, 1.54) is 28.3 Å². The maximum absolute atomic E-state index is 13.0. The zero-order valence-electron chi connectivity index (χ0n) is 18.1. The summed E-state index contributed by atoms with van der Waals surface area (Å²) < 4.78 is 8.80. The Morgan fingerprint density at radius 2 is 2.18 bits per heavy atom. The second kappa shape index (κ2) is 7.28. The van der Waals surface area contributed by atoms with Gasteiger partial charge in [-0.25, -0.2) is 9.67 Å². The molecule has 4 heterocycles. The fourth-order valence-electron chi connectivity index (χ4n) is 4.38. The van der Waals surface area contributed by atoms with Gasteiger partial charge in [0.1, 0.15) is 22.8 Å². The molecule has 1 saturated carbocycles. The van der Waals surface area contributed by atoms with Crippen LogP contribution in [0.3, 0.4) is 0 Å². The summed E-state index contributed by atoms with van der Waals surface area (Å²) in [7, 11) is 0. The third-order valence-corrected chi connectivity index (χ3v) is 6.45. The predicted molar refractivity (Wildman–Crippen MR) is 121 cm³/mol. The number of anilines is 2. The molecule has 0 atom stereocenters. The minimum atomic E-state index is -0.578. The number of nitrogens with one attached hydrogen (secondary N) is 2. The summed E-state index contributed by atoms with van der Waals surface area (Å²) in [5, 5.41) is 16.5. The topological polar surface area (TPSA) is 127 Å². The van der Waals surface area contributed by atoms with Crippen molar-refractivity contribution in [1.82, 2.24) is 29.6 Å². The number of aromatic nitrogens is 5. The Labute approximate surface area is 188 Å². The highest BCUT2D eigenvalue weighted by molar-refractivity contribution is 5.76. The molecule has 2 N–H and O–H groups in total. The number of hydrogen-bond acceptors (Lipinski definition) is 8. The molecule has 10 nitrogen and oxygen atoms in total. The molecule has 1 aromatic carbocycles. The number of hydrogen-bond donors (Lipinski definition) is 2. The van der Waals surface area contributed by atoms with Crippen LogP contribution in [0.2, 0.25) is 0 Å². The molecule has 1 fully saturated rings. The van der Waals surface area contributed by atoms with Gasteiger partial charge >= 0.3 is 6.01 Å². The Hall–Kier alpha value is -3.97. The van der Waals surface area contributed by atoms with Gasteiger partial charge in [0.25, 0.3) is 5.56 Å². The Morgan fingerprint density at radius 1 is 1.30 bits per heavy atom. The van der Waals surface area contributed by atoms with Gasteiger partial charge in [-0.3, -0.25) is 4.79 Å². The average Bonchev–Trinajstić information content (AvgIpc) is 3.40. The largest absolute Gasteiger partial charge is 0.430 e. The van der Waals surface area contributed by atoms with Crippen LogP contribution < -0.4 is 16.2 Å². The monoisotopic (exact) mass is 442 g/mol. The first kappa shape index (κ1) is 19.7. The van der Waals surface area contributed by atoms with Gasteiger partial charge in [-0.05, 0) is 56.0 Å². The molecule has 3 aromatic heterocycles. The molecule has 33 heavy (non-hydrogen) atoms. The van der Waals surface area contributed by atoms with Crippen LogP contribution in [0.4, 0.5) is 11.6 Å². The van der Waals surface area contributed by atoms with Crippen LogP contribution in [0.15, 0.2) is 39.9 Å². The molecular formula is C23H22N8O2. The lowest BCUT2D eigenvalue weighted by molar-refractivity contribution is 0.460. The van der Waals surface area contributed by atoms with Gasteiger partial charge in [-0.15, -0.1) is 0 Å². The van der Waals surface area contributed by atoms with Gasteiger partial charge in [0.05, 0.1) is 6.07 Å². The lowest BCUT2D eigenvalue weighted by Gasteiger charge is -2.18. The highest BCUT2D eigenvalue weighted by Gasteiger charge is 2.47. The van der Waals surface area contributed by atoms with E-state index in [0.717, 1.165) is 38.0 Å². The molecule has 1 aliphatic carbocycles. The fourth-order valence-corrected chi connectivity index (χ4v) is 4.38. The van der Waals surface area contributed by atoms with Gasteiger partial charge in [0.15, 0.2) is 5.65 Å². The Bertz CT molecular complexity index is 1480. The Morgan fingerprint density at radius 3 is 2.97 bits per heavy atom. The van der Waals surface area contributed by atoms with Crippen LogP contribution in [0.25, 0.3) is 17.0 Å². The minimum Gasteiger partial charge on any atom is -0.430 e. The van der Waals surface area contributed by atoms with Crippen molar-refractivity contribution in [3.8, 4) is 12.1 Å². The van der Waals surface area contributed by atoms with E-state index in [0.29, 0.717) is 29.2 Å². The fraction of sp³-hybridized carbons (Fsp3) is 0.348. The lowest BCUT2D eigenvalue weighted by Crippen LogP contribution is -2.23. The van der Waals surface area contributed by atoms with Crippen molar-refractivity contribution in [2.45, 2.75) is 44.7 Å². The van der Waals surface area contributed by atoms with Crippen molar-refractivity contribution in [3.05, 3.63) is 57.8 Å². The molecule has 0 radical (unpaired) electrons. The van der Waals surface area contributed by atoms with Crippen LogP contribution >= 0.6 is 0 Å². The van der Waals surface area contributed by atoms with Gasteiger partial charge < -0.3 is 15.1 Å². The lowest BCUT2D eigenvalue weighted by atomic mass is 10.0. The van der Waals surface area contributed by atoms with Crippen molar-refractivity contribution < 1.29 is 4.42 Å². The van der Waals surface area contributed by atoms with E-state index in [4.69, 9.17) is 4.42 Å². The van der Waals surface area contributed by atoms with E-state index in [1.54, 1.807) is 4.68 Å². The number of nitriles is 1. The van der Waals surface area contributed by atoms with Gasteiger partial charge in [-0.2, -0.15) is 19.9 Å². The maximum atomic E-state index is 13.0. The quantitative estimate of drug-likeness (QED) is 0.483. The number of benzene rings is 1. The number of fused-ring (bicyclic) bond motifs is 2. The molecule has 0 unspecified atom stereocenters. The Balaban J connectivity index is 1.42. The van der Waals surface area contributed by atoms with Crippen LogP contribution in [-0.2, 0) is 24.9 Å². The molecule has 6 rings (SSSR count). The van der Waals surface area contributed by atoms with Crippen molar-refractivity contribution in [2.24, 2.45) is 0 Å². The number of oxazole rings is 1. The minimum absolute atomic E-state index is 0.214. The van der Waals surface area contributed by atoms with E-state index >= 15 is 0 Å². The van der Waals surface area contributed by atoms with E-state index < -0.39 is 5.41 Å². The molecule has 0 saturated heterocycles. The van der Waals surface area contributed by atoms with E-state index in [9.17, 15) is 10.1 Å². The Kier molecular flexibility index (Phi) is 4.35. The van der Waals surface area contributed by atoms with Gasteiger partial charge in [0, 0.05) is 25.0 Å². The van der Waals surface area contributed by atoms with E-state index in [-0.39, 0.29) is 11.6 Å². The number of rotatable bonds is 5. The zero-order chi connectivity index (χ0) is 22.6. The highest BCUT2D eigenvalue weighted by atomic mass is 16.4. The summed E-state index contributed by atoms with van der Waals surface area (Å²) in [4.78, 5) is 26.5. The predicted octanol–water partition coefficient (Wildman–Crippen LogP) is 2.53. The second-order valence-electron chi connectivity index (χ2n) is 8.51. The van der Waals surface area contributed by atoms with Crippen molar-refractivity contribution in [2.75, 3.05) is 11.9 Å². The normalized spacial score (nSPS) is 16.4. The van der Waals surface area contributed by atoms with Gasteiger partial charge in [0.2, 0.25) is 5.95 Å². The summed E-state index contributed by atoms with van der Waals surface area (Å²) in [6.45, 7) is 4.10. The summed E-state index contributed by atoms with van der Waals surface area (Å²) in [5.41, 5.74) is 3.68. The molecule has 2 aliphatic rings. The molecule has 10 heteroatoms. The first-order chi connectivity index (χ1) is 16.1. The molecule has 0 amide bonds. The maximum Gasteiger partial charge on any atom is 0.323 e. The first-order valence-electron chi connectivity index (χ1n) is 11.1. The number of nitrogens with zero attached hydrogens (tertiary/aromatic N) is 6.